The molecule has 2 aromatic rings. The van der Waals surface area contributed by atoms with Gasteiger partial charge >= 0.3 is 0 Å². The Labute approximate surface area is 109 Å². The molecule has 0 aliphatic heterocycles. The number of hydrogen-bond donors (Lipinski definition) is 1. The first-order chi connectivity index (χ1) is 8.66. The van der Waals surface area contributed by atoms with Crippen molar-refractivity contribution >= 4 is 0 Å². The molecule has 0 aliphatic rings. The van der Waals surface area contributed by atoms with Crippen molar-refractivity contribution in [2.24, 2.45) is 0 Å². The van der Waals surface area contributed by atoms with Crippen molar-refractivity contribution in [2.45, 2.75) is 33.4 Å². The Balaban J connectivity index is 2.27. The summed E-state index contributed by atoms with van der Waals surface area (Å²) in [6.07, 6.45) is 1.84. The Bertz CT molecular complexity index is 504. The first-order valence-corrected chi connectivity index (χ1v) is 6.41. The molecule has 0 fully saturated rings. The highest BCUT2D eigenvalue weighted by atomic mass is 14.9. The summed E-state index contributed by atoms with van der Waals surface area (Å²) in [5, 5.41) is 3.44. The summed E-state index contributed by atoms with van der Waals surface area (Å²) < 4.78 is 0. The lowest BCUT2D eigenvalue weighted by atomic mass is 10.0. The van der Waals surface area contributed by atoms with Crippen LogP contribution in [-0.2, 0) is 6.54 Å². The predicted octanol–water partition coefficient (Wildman–Crippen LogP) is 3.56. The maximum atomic E-state index is 4.43. The Hall–Kier alpha value is -1.67. The van der Waals surface area contributed by atoms with Crippen molar-refractivity contribution in [1.82, 2.24) is 10.3 Å². The van der Waals surface area contributed by atoms with E-state index in [-0.39, 0.29) is 0 Å². The second kappa shape index (κ2) is 5.78. The number of benzene rings is 1. The summed E-state index contributed by atoms with van der Waals surface area (Å²) in [7, 11) is 0. The average molecular weight is 240 g/mol. The third-order valence-electron chi connectivity index (χ3n) is 2.96. The van der Waals surface area contributed by atoms with Crippen molar-refractivity contribution in [3.63, 3.8) is 0 Å². The lowest BCUT2D eigenvalue weighted by Crippen LogP contribution is -2.21. The van der Waals surface area contributed by atoms with Gasteiger partial charge in [0.15, 0.2) is 0 Å². The van der Waals surface area contributed by atoms with Crippen LogP contribution in [0.5, 0.6) is 0 Å². The van der Waals surface area contributed by atoms with E-state index >= 15 is 0 Å². The molecule has 1 aromatic carbocycles. The van der Waals surface area contributed by atoms with Crippen molar-refractivity contribution in [1.29, 1.82) is 0 Å². The van der Waals surface area contributed by atoms with E-state index in [9.17, 15) is 0 Å². The number of nitrogens with one attached hydrogen (secondary N) is 1. The number of pyridine rings is 1. The molecule has 0 aliphatic carbocycles. The second-order valence-corrected chi connectivity index (χ2v) is 4.90. The third kappa shape index (κ3) is 3.17. The van der Waals surface area contributed by atoms with Crippen LogP contribution in [0, 0.1) is 6.92 Å². The van der Waals surface area contributed by atoms with Crippen LogP contribution in [0.2, 0.25) is 0 Å². The van der Waals surface area contributed by atoms with E-state index in [4.69, 9.17) is 0 Å². The molecule has 2 rings (SSSR count). The fraction of sp³-hybridized carbons (Fsp3) is 0.312. The van der Waals surface area contributed by atoms with Gasteiger partial charge in [0.25, 0.3) is 0 Å². The largest absolute Gasteiger partial charge is 0.310 e. The molecule has 0 unspecified atom stereocenters. The molecule has 1 aromatic heterocycles. The Morgan fingerprint density at radius 2 is 2.00 bits per heavy atom. The molecule has 18 heavy (non-hydrogen) atoms. The van der Waals surface area contributed by atoms with Gasteiger partial charge in [0.1, 0.15) is 0 Å². The molecule has 0 amide bonds. The topological polar surface area (TPSA) is 24.9 Å². The number of hydrogen-bond acceptors (Lipinski definition) is 2. The van der Waals surface area contributed by atoms with Gasteiger partial charge in [-0.2, -0.15) is 0 Å². The number of aromatic nitrogens is 1. The zero-order valence-corrected chi connectivity index (χ0v) is 11.3. The maximum absolute atomic E-state index is 4.43. The monoisotopic (exact) mass is 240 g/mol. The quantitative estimate of drug-likeness (QED) is 0.884. The molecule has 2 heteroatoms. The summed E-state index contributed by atoms with van der Waals surface area (Å²) in [4.78, 5) is 4.43. The van der Waals surface area contributed by atoms with Gasteiger partial charge in [0.05, 0.1) is 5.69 Å². The minimum absolute atomic E-state index is 0.504. The van der Waals surface area contributed by atoms with Crippen LogP contribution in [0.1, 0.15) is 25.0 Å². The maximum Gasteiger partial charge on any atom is 0.0704 e. The van der Waals surface area contributed by atoms with Crippen molar-refractivity contribution in [3.05, 3.63) is 53.7 Å². The summed E-state index contributed by atoms with van der Waals surface area (Å²) in [5.41, 5.74) is 4.83. The Kier molecular flexibility index (Phi) is 4.11. The highest BCUT2D eigenvalue weighted by Gasteiger charge is 2.04. The average Bonchev–Trinajstić information content (AvgIpc) is 2.38. The number of rotatable bonds is 4. The van der Waals surface area contributed by atoms with Crippen LogP contribution in [0.3, 0.4) is 0 Å². The highest BCUT2D eigenvalue weighted by molar-refractivity contribution is 5.64. The molecule has 0 saturated heterocycles. The van der Waals surface area contributed by atoms with E-state index in [1.807, 2.05) is 18.3 Å². The summed E-state index contributed by atoms with van der Waals surface area (Å²) in [6.45, 7) is 7.35. The van der Waals surface area contributed by atoms with E-state index in [1.54, 1.807) is 0 Å². The van der Waals surface area contributed by atoms with Crippen molar-refractivity contribution < 1.29 is 0 Å². The lowest BCUT2D eigenvalue weighted by molar-refractivity contribution is 0.589. The molecule has 0 atom stereocenters. The van der Waals surface area contributed by atoms with E-state index in [2.05, 4.69) is 55.3 Å². The van der Waals surface area contributed by atoms with Crippen LogP contribution >= 0.6 is 0 Å². The van der Waals surface area contributed by atoms with Crippen molar-refractivity contribution in [2.75, 3.05) is 0 Å². The molecule has 1 N–H and O–H groups in total. The summed E-state index contributed by atoms with van der Waals surface area (Å²) in [5.74, 6) is 0. The van der Waals surface area contributed by atoms with E-state index in [1.165, 1.54) is 16.7 Å². The van der Waals surface area contributed by atoms with Gasteiger partial charge in [0.2, 0.25) is 0 Å². The van der Waals surface area contributed by atoms with Crippen molar-refractivity contribution in [3.8, 4) is 11.3 Å². The van der Waals surface area contributed by atoms with Gasteiger partial charge in [-0.15, -0.1) is 0 Å². The molecule has 1 heterocycles. The zero-order chi connectivity index (χ0) is 13.0. The first kappa shape index (κ1) is 12.8. The molecule has 2 nitrogen and oxygen atoms in total. The second-order valence-electron chi connectivity index (χ2n) is 4.90. The first-order valence-electron chi connectivity index (χ1n) is 6.41. The van der Waals surface area contributed by atoms with Gasteiger partial charge in [0, 0.05) is 24.3 Å². The predicted molar refractivity (Wildman–Crippen MR) is 76.4 cm³/mol. The Morgan fingerprint density at radius 1 is 1.17 bits per heavy atom. The van der Waals surface area contributed by atoms with E-state index < -0.39 is 0 Å². The molecule has 0 saturated carbocycles. The van der Waals surface area contributed by atoms with E-state index in [0.29, 0.717) is 6.04 Å². The highest BCUT2D eigenvalue weighted by Crippen LogP contribution is 2.22. The number of aryl methyl sites for hydroxylation is 1. The van der Waals surface area contributed by atoms with Gasteiger partial charge in [-0.25, -0.2) is 0 Å². The van der Waals surface area contributed by atoms with Gasteiger partial charge in [-0.05, 0) is 36.2 Å². The molecular weight excluding hydrogens is 220 g/mol. The lowest BCUT2D eigenvalue weighted by Gasteiger charge is -2.11. The van der Waals surface area contributed by atoms with Crippen LogP contribution < -0.4 is 5.32 Å². The molecule has 0 bridgehead atoms. The normalized spacial score (nSPS) is 10.9. The van der Waals surface area contributed by atoms with Crippen LogP contribution in [-0.4, -0.2) is 11.0 Å². The van der Waals surface area contributed by atoms with Gasteiger partial charge in [-0.1, -0.05) is 32.0 Å². The number of nitrogens with zero attached hydrogens (tertiary/aromatic N) is 1. The SMILES string of the molecule is Cc1ccc(CNC(C)C)cc1-c1ccccn1. The molecule has 0 spiro atoms. The minimum atomic E-state index is 0.504. The third-order valence-corrected chi connectivity index (χ3v) is 2.96. The Morgan fingerprint density at radius 3 is 2.67 bits per heavy atom. The fourth-order valence-electron chi connectivity index (χ4n) is 1.90. The standard InChI is InChI=1S/C16H20N2/c1-12(2)18-11-14-8-7-13(3)15(10-14)16-6-4-5-9-17-16/h4-10,12,18H,11H2,1-3H3. The van der Waals surface area contributed by atoms with Crippen LogP contribution in [0.25, 0.3) is 11.3 Å². The van der Waals surface area contributed by atoms with Crippen LogP contribution in [0.15, 0.2) is 42.6 Å². The summed E-state index contributed by atoms with van der Waals surface area (Å²) in [6, 6.07) is 13.1. The molecule has 0 radical (unpaired) electrons. The molecular formula is C16H20N2. The fourth-order valence-corrected chi connectivity index (χ4v) is 1.90. The summed E-state index contributed by atoms with van der Waals surface area (Å²) >= 11 is 0. The van der Waals surface area contributed by atoms with Gasteiger partial charge in [-0.3, -0.25) is 4.98 Å². The van der Waals surface area contributed by atoms with Crippen LogP contribution in [0.4, 0.5) is 0 Å². The minimum Gasteiger partial charge on any atom is -0.310 e. The zero-order valence-electron chi connectivity index (χ0n) is 11.3. The van der Waals surface area contributed by atoms with Gasteiger partial charge < -0.3 is 5.32 Å². The smallest absolute Gasteiger partial charge is 0.0704 e. The molecule has 94 valence electrons. The van der Waals surface area contributed by atoms with E-state index in [0.717, 1.165) is 12.2 Å².